The molecule has 1 aromatic carbocycles. The molecule has 0 unspecified atom stereocenters. The van der Waals surface area contributed by atoms with Gasteiger partial charge in [-0.15, -0.1) is 13.2 Å². The maximum Gasteiger partial charge on any atom is 0.0377 e. The van der Waals surface area contributed by atoms with Crippen LogP contribution in [0.1, 0.15) is 19.4 Å². The van der Waals surface area contributed by atoms with E-state index < -0.39 is 0 Å². The van der Waals surface area contributed by atoms with Gasteiger partial charge in [0.05, 0.1) is 0 Å². The third-order valence-corrected chi connectivity index (χ3v) is 2.12. The van der Waals surface area contributed by atoms with Gasteiger partial charge in [0.1, 0.15) is 0 Å². The van der Waals surface area contributed by atoms with Gasteiger partial charge in [-0.25, -0.2) is 0 Å². The van der Waals surface area contributed by atoms with Crippen LogP contribution in [0.15, 0.2) is 37.4 Å². The van der Waals surface area contributed by atoms with Crippen molar-refractivity contribution in [3.8, 4) is 0 Å². The molecular weight excluding hydrogens is 158 g/mol. The van der Waals surface area contributed by atoms with Crippen LogP contribution in [0, 0.1) is 0 Å². The first-order valence-electron chi connectivity index (χ1n) is 4.53. The summed E-state index contributed by atoms with van der Waals surface area (Å²) in [4.78, 5) is 0. The topological polar surface area (TPSA) is 12.0 Å². The zero-order valence-electron chi connectivity index (χ0n) is 8.43. The number of nitrogens with one attached hydrogen (secondary N) is 1. The predicted octanol–water partition coefficient (Wildman–Crippen LogP) is 3.24. The van der Waals surface area contributed by atoms with Crippen LogP contribution in [0.2, 0.25) is 0 Å². The van der Waals surface area contributed by atoms with Gasteiger partial charge in [-0.05, 0) is 31.9 Å². The molecule has 1 aliphatic heterocycles. The summed E-state index contributed by atoms with van der Waals surface area (Å²) in [5.41, 5.74) is 3.00. The van der Waals surface area contributed by atoms with Gasteiger partial charge >= 0.3 is 0 Å². The van der Waals surface area contributed by atoms with E-state index in [1.54, 1.807) is 0 Å². The first kappa shape index (κ1) is 9.85. The van der Waals surface area contributed by atoms with Crippen LogP contribution in [0.25, 0.3) is 0 Å². The molecule has 0 aromatic heterocycles. The summed E-state index contributed by atoms with van der Waals surface area (Å²) in [5, 5.41) is 3.47. The standard InChI is InChI=1S/C10H13N.C2H4/c1-10(2)7-8-5-3-4-6-9(8)11-10;1-2/h3-6,11H,7H2,1-2H3;1-2H2. The Hall–Kier alpha value is -1.24. The fourth-order valence-corrected chi connectivity index (χ4v) is 1.68. The van der Waals surface area contributed by atoms with E-state index in [0.717, 1.165) is 6.42 Å². The molecule has 0 atom stereocenters. The normalized spacial score (nSPS) is 16.5. The largest absolute Gasteiger partial charge is 0.380 e. The van der Waals surface area contributed by atoms with Crippen molar-refractivity contribution >= 4 is 5.69 Å². The average molecular weight is 175 g/mol. The lowest BCUT2D eigenvalue weighted by molar-refractivity contribution is 0.594. The van der Waals surface area contributed by atoms with Crippen molar-refractivity contribution in [3.05, 3.63) is 43.0 Å². The summed E-state index contributed by atoms with van der Waals surface area (Å²) in [7, 11) is 0. The molecule has 0 saturated heterocycles. The van der Waals surface area contributed by atoms with Crippen LogP contribution in [0.5, 0.6) is 0 Å². The second-order valence-electron chi connectivity index (χ2n) is 3.84. The second kappa shape index (κ2) is 3.65. The van der Waals surface area contributed by atoms with Gasteiger partial charge < -0.3 is 5.32 Å². The fraction of sp³-hybridized carbons (Fsp3) is 0.333. The van der Waals surface area contributed by atoms with E-state index in [9.17, 15) is 0 Å². The van der Waals surface area contributed by atoms with Gasteiger partial charge in [0.2, 0.25) is 0 Å². The molecule has 0 bridgehead atoms. The minimum absolute atomic E-state index is 0.254. The van der Waals surface area contributed by atoms with E-state index >= 15 is 0 Å². The molecule has 13 heavy (non-hydrogen) atoms. The van der Waals surface area contributed by atoms with Crippen molar-refractivity contribution in [1.29, 1.82) is 0 Å². The third kappa shape index (κ3) is 2.11. The van der Waals surface area contributed by atoms with Crippen LogP contribution < -0.4 is 5.32 Å². The first-order chi connectivity index (χ1) is 6.17. The lowest BCUT2D eigenvalue weighted by atomic mass is 10.0. The number of fused-ring (bicyclic) bond motifs is 1. The number of para-hydroxylation sites is 1. The second-order valence-corrected chi connectivity index (χ2v) is 3.84. The number of hydrogen-bond donors (Lipinski definition) is 1. The monoisotopic (exact) mass is 175 g/mol. The average Bonchev–Trinajstić information content (AvgIpc) is 2.41. The molecule has 1 heteroatoms. The summed E-state index contributed by atoms with van der Waals surface area (Å²) in [5.74, 6) is 0. The highest BCUT2D eigenvalue weighted by Crippen LogP contribution is 2.31. The predicted molar refractivity (Wildman–Crippen MR) is 59.1 cm³/mol. The molecule has 70 valence electrons. The number of hydrogen-bond acceptors (Lipinski definition) is 1. The minimum atomic E-state index is 0.254. The lowest BCUT2D eigenvalue weighted by Crippen LogP contribution is -2.26. The van der Waals surface area contributed by atoms with E-state index in [0.29, 0.717) is 0 Å². The van der Waals surface area contributed by atoms with Crippen LogP contribution in [-0.2, 0) is 6.42 Å². The molecule has 1 aromatic rings. The first-order valence-corrected chi connectivity index (χ1v) is 4.53. The van der Waals surface area contributed by atoms with E-state index in [1.165, 1.54) is 11.3 Å². The molecule has 1 N–H and O–H groups in total. The smallest absolute Gasteiger partial charge is 0.0377 e. The number of anilines is 1. The summed E-state index contributed by atoms with van der Waals surface area (Å²) < 4.78 is 0. The summed E-state index contributed by atoms with van der Waals surface area (Å²) in [6.45, 7) is 10.5. The molecule has 1 aliphatic rings. The van der Waals surface area contributed by atoms with Crippen molar-refractivity contribution in [2.75, 3.05) is 5.32 Å². The zero-order valence-corrected chi connectivity index (χ0v) is 8.43. The van der Waals surface area contributed by atoms with E-state index in [4.69, 9.17) is 0 Å². The Bertz CT molecular complexity index is 262. The molecule has 0 spiro atoms. The number of benzene rings is 1. The highest BCUT2D eigenvalue weighted by molar-refractivity contribution is 5.58. The van der Waals surface area contributed by atoms with Crippen molar-refractivity contribution in [1.82, 2.24) is 0 Å². The van der Waals surface area contributed by atoms with E-state index in [2.05, 4.69) is 56.6 Å². The number of rotatable bonds is 0. The maximum atomic E-state index is 3.47. The summed E-state index contributed by atoms with van der Waals surface area (Å²) in [6.07, 6.45) is 1.14. The van der Waals surface area contributed by atoms with Gasteiger partial charge in [0, 0.05) is 11.2 Å². The Kier molecular flexibility index (Phi) is 2.76. The molecule has 0 radical (unpaired) electrons. The van der Waals surface area contributed by atoms with Crippen LogP contribution >= 0.6 is 0 Å². The van der Waals surface area contributed by atoms with Crippen LogP contribution in [0.3, 0.4) is 0 Å². The zero-order chi connectivity index (χ0) is 9.90. The third-order valence-electron chi connectivity index (χ3n) is 2.12. The van der Waals surface area contributed by atoms with Crippen molar-refractivity contribution < 1.29 is 0 Å². The Balaban J connectivity index is 0.000000396. The molecule has 2 rings (SSSR count). The van der Waals surface area contributed by atoms with Crippen molar-refractivity contribution in [3.63, 3.8) is 0 Å². The van der Waals surface area contributed by atoms with E-state index in [1.807, 2.05) is 0 Å². The van der Waals surface area contributed by atoms with Crippen LogP contribution in [-0.4, -0.2) is 5.54 Å². The summed E-state index contributed by atoms with van der Waals surface area (Å²) >= 11 is 0. The van der Waals surface area contributed by atoms with E-state index in [-0.39, 0.29) is 5.54 Å². The summed E-state index contributed by atoms with van der Waals surface area (Å²) in [6, 6.07) is 8.51. The molecule has 0 fully saturated rings. The minimum Gasteiger partial charge on any atom is -0.380 e. The molecule has 0 aliphatic carbocycles. The van der Waals surface area contributed by atoms with Gasteiger partial charge in [-0.2, -0.15) is 0 Å². The van der Waals surface area contributed by atoms with Crippen molar-refractivity contribution in [2.24, 2.45) is 0 Å². The van der Waals surface area contributed by atoms with Gasteiger partial charge in [-0.3, -0.25) is 0 Å². The fourth-order valence-electron chi connectivity index (χ4n) is 1.68. The SMILES string of the molecule is C=C.CC1(C)Cc2ccccc2N1. The molecule has 1 heterocycles. The Labute approximate surface area is 80.5 Å². The van der Waals surface area contributed by atoms with Crippen LogP contribution in [0.4, 0.5) is 5.69 Å². The van der Waals surface area contributed by atoms with Crippen molar-refractivity contribution in [2.45, 2.75) is 25.8 Å². The quantitative estimate of drug-likeness (QED) is 0.597. The molecule has 0 amide bonds. The Morgan fingerprint density at radius 1 is 1.23 bits per heavy atom. The van der Waals surface area contributed by atoms with Gasteiger partial charge in [-0.1, -0.05) is 18.2 Å². The van der Waals surface area contributed by atoms with Gasteiger partial charge in [0.25, 0.3) is 0 Å². The highest BCUT2D eigenvalue weighted by atomic mass is 15.0. The Morgan fingerprint density at radius 2 is 1.85 bits per heavy atom. The molecular formula is C12H17N. The Morgan fingerprint density at radius 3 is 2.46 bits per heavy atom. The highest BCUT2D eigenvalue weighted by Gasteiger charge is 2.26. The molecule has 0 saturated carbocycles. The molecule has 1 nitrogen and oxygen atoms in total. The lowest BCUT2D eigenvalue weighted by Gasteiger charge is -2.17. The maximum absolute atomic E-state index is 3.47. The van der Waals surface area contributed by atoms with Gasteiger partial charge in [0.15, 0.2) is 0 Å².